The molecule has 1 amide bonds. The molecule has 0 unspecified atom stereocenters. The van der Waals surface area contributed by atoms with E-state index in [0.717, 1.165) is 36.1 Å². The van der Waals surface area contributed by atoms with Crippen LogP contribution in [0.25, 0.3) is 0 Å². The van der Waals surface area contributed by atoms with Crippen molar-refractivity contribution in [2.75, 3.05) is 13.1 Å². The second kappa shape index (κ2) is 8.15. The molecule has 1 atom stereocenters. The fourth-order valence-electron chi connectivity index (χ4n) is 3.42. The predicted octanol–water partition coefficient (Wildman–Crippen LogP) is 2.83. The number of rotatable bonds is 5. The van der Waals surface area contributed by atoms with E-state index in [9.17, 15) is 9.59 Å². The molecule has 0 saturated carbocycles. The highest BCUT2D eigenvalue weighted by Gasteiger charge is 2.24. The first-order valence-electron chi connectivity index (χ1n) is 8.86. The first-order chi connectivity index (χ1) is 12.6. The molecule has 2 N–H and O–H groups in total. The van der Waals surface area contributed by atoms with Crippen LogP contribution in [0.3, 0.4) is 0 Å². The van der Waals surface area contributed by atoms with Gasteiger partial charge in [-0.1, -0.05) is 36.4 Å². The fraction of sp³-hybridized carbons (Fsp3) is 0.333. The second-order valence-electron chi connectivity index (χ2n) is 6.76. The van der Waals surface area contributed by atoms with Gasteiger partial charge in [0.1, 0.15) is 0 Å². The molecule has 5 nitrogen and oxygen atoms in total. The van der Waals surface area contributed by atoms with Crippen LogP contribution in [-0.4, -0.2) is 40.1 Å². The molecule has 1 heterocycles. The number of carbonyl (C=O) groups excluding carboxylic acids is 1. The number of aromatic carboxylic acids is 1. The Kier molecular flexibility index (Phi) is 5.68. The summed E-state index contributed by atoms with van der Waals surface area (Å²) in [4.78, 5) is 25.5. The number of likely N-dealkylation sites (tertiary alicyclic amines) is 1. The summed E-state index contributed by atoms with van der Waals surface area (Å²) < 4.78 is 0. The molecule has 5 heteroatoms. The number of benzene rings is 2. The molecule has 1 aliphatic rings. The number of hydrogen-bond donors (Lipinski definition) is 2. The van der Waals surface area contributed by atoms with Gasteiger partial charge in [-0.25, -0.2) is 4.79 Å². The Balaban J connectivity index is 1.63. The Labute approximate surface area is 152 Å². The summed E-state index contributed by atoms with van der Waals surface area (Å²) in [5, 5.41) is 18.1. The zero-order chi connectivity index (χ0) is 18.5. The van der Waals surface area contributed by atoms with Gasteiger partial charge in [-0.3, -0.25) is 4.79 Å². The van der Waals surface area contributed by atoms with Crippen molar-refractivity contribution in [3.05, 3.63) is 70.8 Å². The average Bonchev–Trinajstić information content (AvgIpc) is 2.68. The third-order valence-electron chi connectivity index (χ3n) is 4.96. The molecule has 0 aliphatic carbocycles. The second-order valence-corrected chi connectivity index (χ2v) is 6.76. The van der Waals surface area contributed by atoms with Gasteiger partial charge < -0.3 is 15.1 Å². The number of aliphatic hydroxyl groups is 1. The molecule has 26 heavy (non-hydrogen) atoms. The molecule has 1 fully saturated rings. The van der Waals surface area contributed by atoms with E-state index in [4.69, 9.17) is 10.2 Å². The maximum absolute atomic E-state index is 12.6. The molecule has 1 aliphatic heterocycles. The smallest absolute Gasteiger partial charge is 0.335 e. The first-order valence-corrected chi connectivity index (χ1v) is 8.86. The molecule has 0 spiro atoms. The van der Waals surface area contributed by atoms with Gasteiger partial charge in [0, 0.05) is 19.0 Å². The van der Waals surface area contributed by atoms with Crippen molar-refractivity contribution in [1.29, 1.82) is 0 Å². The lowest BCUT2D eigenvalue weighted by Gasteiger charge is -2.33. The van der Waals surface area contributed by atoms with Crippen molar-refractivity contribution in [3.8, 4) is 0 Å². The van der Waals surface area contributed by atoms with Gasteiger partial charge in [0.05, 0.1) is 18.6 Å². The number of nitrogens with zero attached hydrogens (tertiary/aromatic N) is 1. The normalized spacial score (nSPS) is 17.1. The minimum atomic E-state index is -0.927. The van der Waals surface area contributed by atoms with Crippen LogP contribution in [0.5, 0.6) is 0 Å². The maximum Gasteiger partial charge on any atom is 0.335 e. The molecule has 1 saturated heterocycles. The fourth-order valence-corrected chi connectivity index (χ4v) is 3.42. The summed E-state index contributed by atoms with van der Waals surface area (Å²) >= 11 is 0. The largest absolute Gasteiger partial charge is 0.478 e. The summed E-state index contributed by atoms with van der Waals surface area (Å²) in [6, 6.07) is 14.4. The lowest BCUT2D eigenvalue weighted by molar-refractivity contribution is -0.131. The zero-order valence-electron chi connectivity index (χ0n) is 14.6. The van der Waals surface area contributed by atoms with Crippen molar-refractivity contribution >= 4 is 11.9 Å². The van der Waals surface area contributed by atoms with Crippen LogP contribution in [0, 0.1) is 0 Å². The van der Waals surface area contributed by atoms with Gasteiger partial charge in [-0.2, -0.15) is 0 Å². The predicted molar refractivity (Wildman–Crippen MR) is 98.0 cm³/mol. The lowest BCUT2D eigenvalue weighted by Crippen LogP contribution is -2.39. The van der Waals surface area contributed by atoms with Crippen molar-refractivity contribution in [2.24, 2.45) is 0 Å². The van der Waals surface area contributed by atoms with Crippen LogP contribution >= 0.6 is 0 Å². The number of hydrogen-bond acceptors (Lipinski definition) is 3. The number of carboxylic acids is 1. The highest BCUT2D eigenvalue weighted by Crippen LogP contribution is 2.27. The van der Waals surface area contributed by atoms with Gasteiger partial charge in [0.25, 0.3) is 0 Å². The van der Waals surface area contributed by atoms with E-state index >= 15 is 0 Å². The monoisotopic (exact) mass is 353 g/mol. The maximum atomic E-state index is 12.6. The molecule has 136 valence electrons. The van der Waals surface area contributed by atoms with Crippen LogP contribution in [0.4, 0.5) is 0 Å². The number of amides is 1. The van der Waals surface area contributed by atoms with Crippen molar-refractivity contribution in [1.82, 2.24) is 4.90 Å². The van der Waals surface area contributed by atoms with Crippen molar-refractivity contribution in [3.63, 3.8) is 0 Å². The summed E-state index contributed by atoms with van der Waals surface area (Å²) in [7, 11) is 0. The molecular formula is C21H23NO4. The van der Waals surface area contributed by atoms with Crippen LogP contribution in [0.15, 0.2) is 48.5 Å². The average molecular weight is 353 g/mol. The molecular weight excluding hydrogens is 330 g/mol. The third kappa shape index (κ3) is 4.29. The van der Waals surface area contributed by atoms with E-state index in [1.807, 2.05) is 41.3 Å². The van der Waals surface area contributed by atoms with Gasteiger partial charge in [-0.05, 0) is 41.7 Å². The topological polar surface area (TPSA) is 77.8 Å². The molecule has 3 rings (SSSR count). The van der Waals surface area contributed by atoms with Gasteiger partial charge in [-0.15, -0.1) is 0 Å². The first kappa shape index (κ1) is 18.1. The summed E-state index contributed by atoms with van der Waals surface area (Å²) in [6.07, 6.45) is 2.30. The number of carbonyl (C=O) groups is 2. The Hall–Kier alpha value is -2.66. The number of piperidine rings is 1. The summed E-state index contributed by atoms with van der Waals surface area (Å²) in [5.74, 6) is -0.579. The molecule has 0 aromatic heterocycles. The van der Waals surface area contributed by atoms with E-state index in [1.165, 1.54) is 0 Å². The lowest BCUT2D eigenvalue weighted by atomic mass is 9.90. The highest BCUT2D eigenvalue weighted by atomic mass is 16.4. The minimum absolute atomic E-state index is 0.00268. The Bertz CT molecular complexity index is 768. The van der Waals surface area contributed by atoms with Gasteiger partial charge >= 0.3 is 5.97 Å². The minimum Gasteiger partial charge on any atom is -0.478 e. The van der Waals surface area contributed by atoms with E-state index < -0.39 is 5.97 Å². The van der Waals surface area contributed by atoms with Crippen LogP contribution in [0.1, 0.15) is 45.8 Å². The molecule has 0 bridgehead atoms. The Morgan fingerprint density at radius 2 is 1.65 bits per heavy atom. The van der Waals surface area contributed by atoms with Crippen molar-refractivity contribution < 1.29 is 19.8 Å². The quantitative estimate of drug-likeness (QED) is 0.866. The van der Waals surface area contributed by atoms with E-state index in [0.29, 0.717) is 13.0 Å². The van der Waals surface area contributed by atoms with E-state index in [-0.39, 0.29) is 24.0 Å². The summed E-state index contributed by atoms with van der Waals surface area (Å²) in [6.45, 7) is 1.43. The zero-order valence-corrected chi connectivity index (χ0v) is 14.6. The third-order valence-corrected chi connectivity index (χ3v) is 4.96. The standard InChI is InChI=1S/C21H23NO4/c23-14-16-5-3-15(4-6-16)12-20(24)22-11-1-2-19(13-22)17-7-9-18(10-8-17)21(25)26/h3-10,19,23H,1-2,11-14H2,(H,25,26)/t19-/m1/s1. The van der Waals surface area contributed by atoms with E-state index in [2.05, 4.69) is 0 Å². The Morgan fingerprint density at radius 3 is 2.27 bits per heavy atom. The van der Waals surface area contributed by atoms with Crippen LogP contribution < -0.4 is 0 Å². The Morgan fingerprint density at radius 1 is 1.00 bits per heavy atom. The number of carboxylic acid groups (broad SMARTS) is 1. The summed E-state index contributed by atoms with van der Waals surface area (Å²) in [5.41, 5.74) is 3.15. The van der Waals surface area contributed by atoms with E-state index in [1.54, 1.807) is 12.1 Å². The van der Waals surface area contributed by atoms with Gasteiger partial charge in [0.15, 0.2) is 0 Å². The van der Waals surface area contributed by atoms with Crippen LogP contribution in [-0.2, 0) is 17.8 Å². The molecule has 2 aromatic rings. The van der Waals surface area contributed by atoms with Crippen LogP contribution in [0.2, 0.25) is 0 Å². The SMILES string of the molecule is O=C(O)c1ccc([C@@H]2CCCN(C(=O)Cc3ccc(CO)cc3)C2)cc1. The number of aliphatic hydroxyl groups excluding tert-OH is 1. The molecule has 0 radical (unpaired) electrons. The van der Waals surface area contributed by atoms with Gasteiger partial charge in [0.2, 0.25) is 5.91 Å². The molecule has 2 aromatic carbocycles. The van der Waals surface area contributed by atoms with Crippen molar-refractivity contribution in [2.45, 2.75) is 31.8 Å². The highest BCUT2D eigenvalue weighted by molar-refractivity contribution is 5.87.